The van der Waals surface area contributed by atoms with Crippen LogP contribution in [0.4, 0.5) is 4.79 Å². The van der Waals surface area contributed by atoms with Crippen molar-refractivity contribution in [3.8, 4) is 0 Å². The summed E-state index contributed by atoms with van der Waals surface area (Å²) in [4.78, 5) is 24.0. The molecule has 2 rings (SSSR count). The minimum absolute atomic E-state index is 0.0486. The number of amides is 1. The summed E-state index contributed by atoms with van der Waals surface area (Å²) in [7, 11) is 1.38. The number of nitrogens with one attached hydrogen (secondary N) is 1. The van der Waals surface area contributed by atoms with Crippen molar-refractivity contribution in [3.63, 3.8) is 0 Å². The van der Waals surface area contributed by atoms with E-state index in [1.54, 1.807) is 6.07 Å². The molecule has 5 heteroatoms. The molecule has 5 nitrogen and oxygen atoms in total. The normalized spacial score (nSPS) is 20.2. The smallest absolute Gasteiger partial charge is 0.407 e. The second kappa shape index (κ2) is 8.39. The monoisotopic (exact) mass is 359 g/mol. The van der Waals surface area contributed by atoms with Crippen molar-refractivity contribution in [1.82, 2.24) is 5.32 Å². The lowest BCUT2D eigenvalue weighted by molar-refractivity contribution is 0.0497. The van der Waals surface area contributed by atoms with Gasteiger partial charge in [-0.1, -0.05) is 36.3 Å². The van der Waals surface area contributed by atoms with E-state index in [-0.39, 0.29) is 24.0 Å². The lowest BCUT2D eigenvalue weighted by atomic mass is 9.99. The molecule has 1 amide bonds. The van der Waals surface area contributed by atoms with Gasteiger partial charge in [0, 0.05) is 6.04 Å². The third kappa shape index (κ3) is 5.61. The van der Waals surface area contributed by atoms with Crippen LogP contribution >= 0.6 is 0 Å². The van der Waals surface area contributed by atoms with Crippen LogP contribution in [0.2, 0.25) is 0 Å². The molecule has 0 spiro atoms. The average Bonchev–Trinajstić information content (AvgIpc) is 2.97. The fourth-order valence-corrected chi connectivity index (χ4v) is 3.20. The summed E-state index contributed by atoms with van der Waals surface area (Å²) >= 11 is 0. The molecule has 0 saturated heterocycles. The van der Waals surface area contributed by atoms with Crippen molar-refractivity contribution in [3.05, 3.63) is 41.0 Å². The minimum Gasteiger partial charge on any atom is -0.465 e. The molecule has 1 aliphatic rings. The predicted octanol–water partition coefficient (Wildman–Crippen LogP) is 4.49. The van der Waals surface area contributed by atoms with E-state index >= 15 is 0 Å². The molecule has 1 aromatic rings. The van der Waals surface area contributed by atoms with Gasteiger partial charge in [0.2, 0.25) is 0 Å². The zero-order valence-corrected chi connectivity index (χ0v) is 16.3. The van der Waals surface area contributed by atoms with E-state index in [0.29, 0.717) is 5.56 Å². The van der Waals surface area contributed by atoms with E-state index in [1.165, 1.54) is 7.11 Å². The van der Waals surface area contributed by atoms with Crippen LogP contribution in [0, 0.1) is 12.8 Å². The number of methoxy groups -OCH3 is 1. The Kier molecular flexibility index (Phi) is 6.46. The second-order valence-electron chi connectivity index (χ2n) is 7.79. The molecule has 0 aliphatic heterocycles. The van der Waals surface area contributed by atoms with Gasteiger partial charge in [-0.15, -0.1) is 0 Å². The molecule has 0 bridgehead atoms. The standard InChI is InChI=1S/C21H29NO4/c1-14-9-12-17(19(23)25-5)16(13-14)11-10-15-7-6-8-18(15)22-20(24)26-21(2,3)4/h9-13,15,18H,6-8H2,1-5H3,(H,22,24)/t15-,18-/m0/s1. The Hall–Kier alpha value is -2.30. The van der Waals surface area contributed by atoms with Crippen molar-refractivity contribution < 1.29 is 19.1 Å². The topological polar surface area (TPSA) is 64.6 Å². The molecule has 1 fully saturated rings. The van der Waals surface area contributed by atoms with Crippen molar-refractivity contribution in [2.45, 2.75) is 58.6 Å². The maximum absolute atomic E-state index is 12.0. The Morgan fingerprint density at radius 1 is 1.23 bits per heavy atom. The second-order valence-corrected chi connectivity index (χ2v) is 7.79. The van der Waals surface area contributed by atoms with Gasteiger partial charge in [0.1, 0.15) is 5.60 Å². The van der Waals surface area contributed by atoms with E-state index < -0.39 is 5.60 Å². The van der Waals surface area contributed by atoms with E-state index in [4.69, 9.17) is 9.47 Å². The zero-order valence-electron chi connectivity index (χ0n) is 16.3. The van der Waals surface area contributed by atoms with E-state index in [9.17, 15) is 9.59 Å². The third-order valence-corrected chi connectivity index (χ3v) is 4.41. The first-order valence-corrected chi connectivity index (χ1v) is 9.06. The van der Waals surface area contributed by atoms with Gasteiger partial charge in [-0.05, 0) is 58.1 Å². The van der Waals surface area contributed by atoms with Crippen LogP contribution < -0.4 is 5.32 Å². The Morgan fingerprint density at radius 2 is 1.96 bits per heavy atom. The Morgan fingerprint density at radius 3 is 2.62 bits per heavy atom. The van der Waals surface area contributed by atoms with Crippen LogP contribution in [0.5, 0.6) is 0 Å². The van der Waals surface area contributed by atoms with Gasteiger partial charge in [-0.3, -0.25) is 0 Å². The van der Waals surface area contributed by atoms with Crippen LogP contribution in [0.3, 0.4) is 0 Å². The van der Waals surface area contributed by atoms with Crippen LogP contribution in [0.1, 0.15) is 61.5 Å². The van der Waals surface area contributed by atoms with Gasteiger partial charge in [0.05, 0.1) is 12.7 Å². The molecule has 142 valence electrons. The molecule has 2 atom stereocenters. The first-order chi connectivity index (χ1) is 12.2. The molecular weight excluding hydrogens is 330 g/mol. The number of rotatable bonds is 4. The van der Waals surface area contributed by atoms with Crippen molar-refractivity contribution >= 4 is 18.1 Å². The van der Waals surface area contributed by atoms with Gasteiger partial charge >= 0.3 is 12.1 Å². The summed E-state index contributed by atoms with van der Waals surface area (Å²) in [5.41, 5.74) is 1.95. The van der Waals surface area contributed by atoms with Crippen molar-refractivity contribution in [1.29, 1.82) is 0 Å². The summed E-state index contributed by atoms with van der Waals surface area (Å²) in [6.07, 6.45) is 6.62. The summed E-state index contributed by atoms with van der Waals surface area (Å²) in [5, 5.41) is 2.98. The third-order valence-electron chi connectivity index (χ3n) is 4.41. The predicted molar refractivity (Wildman–Crippen MR) is 102 cm³/mol. The van der Waals surface area contributed by atoms with Crippen LogP contribution in [0.15, 0.2) is 24.3 Å². The first kappa shape index (κ1) is 20.0. The lowest BCUT2D eigenvalue weighted by Crippen LogP contribution is -2.40. The number of benzene rings is 1. The number of ether oxygens (including phenoxy) is 2. The Bertz CT molecular complexity index is 688. The summed E-state index contributed by atoms with van der Waals surface area (Å²) < 4.78 is 10.2. The molecule has 0 aromatic heterocycles. The molecule has 26 heavy (non-hydrogen) atoms. The molecule has 0 radical (unpaired) electrons. The molecule has 0 unspecified atom stereocenters. The number of carbonyl (C=O) groups is 2. The number of hydrogen-bond acceptors (Lipinski definition) is 4. The lowest BCUT2D eigenvalue weighted by Gasteiger charge is -2.23. The highest BCUT2D eigenvalue weighted by molar-refractivity contribution is 5.93. The molecule has 1 N–H and O–H groups in total. The number of esters is 1. The molecule has 0 heterocycles. The minimum atomic E-state index is -0.509. The average molecular weight is 359 g/mol. The van der Waals surface area contributed by atoms with Gasteiger partial charge in [0.25, 0.3) is 0 Å². The van der Waals surface area contributed by atoms with Gasteiger partial charge in [0.15, 0.2) is 0 Å². The van der Waals surface area contributed by atoms with Crippen molar-refractivity contribution in [2.24, 2.45) is 5.92 Å². The van der Waals surface area contributed by atoms with Crippen molar-refractivity contribution in [2.75, 3.05) is 7.11 Å². The van der Waals surface area contributed by atoms with Gasteiger partial charge in [-0.25, -0.2) is 9.59 Å². The van der Waals surface area contributed by atoms with E-state index in [1.807, 2.05) is 45.9 Å². The Labute approximate surface area is 155 Å². The highest BCUT2D eigenvalue weighted by Gasteiger charge is 2.28. The number of aryl methyl sites for hydroxylation is 1. The summed E-state index contributed by atoms with van der Waals surface area (Å²) in [6, 6.07) is 5.69. The van der Waals surface area contributed by atoms with Gasteiger partial charge < -0.3 is 14.8 Å². The van der Waals surface area contributed by atoms with Gasteiger partial charge in [-0.2, -0.15) is 0 Å². The van der Waals surface area contributed by atoms with E-state index in [2.05, 4.69) is 11.4 Å². The Balaban J connectivity index is 2.11. The highest BCUT2D eigenvalue weighted by atomic mass is 16.6. The van der Waals surface area contributed by atoms with Crippen LogP contribution in [-0.4, -0.2) is 30.8 Å². The number of alkyl carbamates (subject to hydrolysis) is 1. The molecule has 1 saturated carbocycles. The maximum atomic E-state index is 12.0. The molecule has 1 aliphatic carbocycles. The highest BCUT2D eigenvalue weighted by Crippen LogP contribution is 2.28. The number of hydrogen-bond donors (Lipinski definition) is 1. The fraction of sp³-hybridized carbons (Fsp3) is 0.524. The zero-order chi connectivity index (χ0) is 19.3. The van der Waals surface area contributed by atoms with Crippen LogP contribution in [-0.2, 0) is 9.47 Å². The summed E-state index contributed by atoms with van der Waals surface area (Å²) in [5.74, 6) is -0.131. The summed E-state index contributed by atoms with van der Waals surface area (Å²) in [6.45, 7) is 7.54. The van der Waals surface area contributed by atoms with E-state index in [0.717, 1.165) is 30.4 Å². The molecular formula is C21H29NO4. The first-order valence-electron chi connectivity index (χ1n) is 9.06. The van der Waals surface area contributed by atoms with Crippen LogP contribution in [0.25, 0.3) is 6.08 Å². The number of carbonyl (C=O) groups excluding carboxylic acids is 2. The fourth-order valence-electron chi connectivity index (χ4n) is 3.20. The maximum Gasteiger partial charge on any atom is 0.407 e. The largest absolute Gasteiger partial charge is 0.465 e. The SMILES string of the molecule is COC(=O)c1ccc(C)cc1C=C[C@@H]1CCC[C@@H]1NC(=O)OC(C)(C)C. The quantitative estimate of drug-likeness (QED) is 0.805. The molecule has 1 aromatic carbocycles.